The highest BCUT2D eigenvalue weighted by Gasteiger charge is 2.27. The number of nitrogens with two attached hydrogens (primary N) is 1. The molecule has 0 unspecified atom stereocenters. The number of hydrogen-bond donors (Lipinski definition) is 1. The summed E-state index contributed by atoms with van der Waals surface area (Å²) in [7, 11) is 1.58. The van der Waals surface area contributed by atoms with Crippen molar-refractivity contribution in [3.63, 3.8) is 0 Å². The number of benzene rings is 2. The number of ketones is 1. The molecule has 150 valence electrons. The summed E-state index contributed by atoms with van der Waals surface area (Å²) in [4.78, 5) is 19.5. The monoisotopic (exact) mass is 434 g/mol. The van der Waals surface area contributed by atoms with Gasteiger partial charge in [-0.3, -0.25) is 4.79 Å². The second kappa shape index (κ2) is 7.42. The molecule has 2 aromatic carbocycles. The van der Waals surface area contributed by atoms with E-state index < -0.39 is 0 Å². The molecule has 30 heavy (non-hydrogen) atoms. The number of rotatable bonds is 4. The van der Waals surface area contributed by atoms with Crippen LogP contribution in [0, 0.1) is 0 Å². The average molecular weight is 435 g/mol. The Hall–Kier alpha value is -2.89. The minimum Gasteiger partial charge on any atom is -0.497 e. The first-order valence-electron chi connectivity index (χ1n) is 9.75. The maximum Gasteiger partial charge on any atom is 0.205 e. The van der Waals surface area contributed by atoms with Crippen molar-refractivity contribution in [2.75, 3.05) is 12.8 Å². The van der Waals surface area contributed by atoms with Crippen molar-refractivity contribution in [2.24, 2.45) is 0 Å². The first-order chi connectivity index (χ1) is 14.6. The highest BCUT2D eigenvalue weighted by Crippen LogP contribution is 2.45. The van der Waals surface area contributed by atoms with Crippen LogP contribution in [0.25, 0.3) is 21.3 Å². The number of pyridine rings is 1. The van der Waals surface area contributed by atoms with Gasteiger partial charge in [0, 0.05) is 21.7 Å². The smallest absolute Gasteiger partial charge is 0.205 e. The van der Waals surface area contributed by atoms with E-state index in [1.165, 1.54) is 16.9 Å². The number of aromatic nitrogens is 1. The topological polar surface area (TPSA) is 65.2 Å². The van der Waals surface area contributed by atoms with Crippen molar-refractivity contribution in [3.05, 3.63) is 75.3 Å². The Morgan fingerprint density at radius 3 is 2.73 bits per heavy atom. The number of carbonyl (C=O) groups is 1. The molecular weight excluding hydrogens is 416 g/mol. The predicted octanol–water partition coefficient (Wildman–Crippen LogP) is 5.93. The van der Waals surface area contributed by atoms with Gasteiger partial charge in [0.1, 0.15) is 15.5 Å². The van der Waals surface area contributed by atoms with Crippen LogP contribution in [0.1, 0.15) is 32.9 Å². The zero-order chi connectivity index (χ0) is 20.8. The molecule has 2 aromatic heterocycles. The van der Waals surface area contributed by atoms with Crippen LogP contribution in [0.15, 0.2) is 48.5 Å². The van der Waals surface area contributed by atoms with E-state index in [1.54, 1.807) is 19.2 Å². The number of nitrogens with zero attached hydrogens (tertiary/aromatic N) is 1. The minimum absolute atomic E-state index is 0.114. The number of aryl methyl sites for hydroxylation is 1. The molecule has 0 spiro atoms. The van der Waals surface area contributed by atoms with E-state index in [4.69, 9.17) is 27.1 Å². The molecule has 2 N–H and O–H groups in total. The number of carbonyl (C=O) groups excluding carboxylic acids is 1. The molecule has 5 rings (SSSR count). The Balaban J connectivity index is 1.73. The fourth-order valence-corrected chi connectivity index (χ4v) is 5.36. The van der Waals surface area contributed by atoms with Gasteiger partial charge < -0.3 is 10.5 Å². The van der Waals surface area contributed by atoms with Gasteiger partial charge in [0.15, 0.2) is 0 Å². The summed E-state index contributed by atoms with van der Waals surface area (Å²) >= 11 is 7.48. The SMILES string of the molecule is COc1cccc(C(=O)c2sc3nc4c(c(-c5ccc(Cl)cc5)c3c2N)CCC4)c1. The second-order valence-electron chi connectivity index (χ2n) is 7.36. The van der Waals surface area contributed by atoms with Crippen LogP contribution in [0.5, 0.6) is 5.75 Å². The summed E-state index contributed by atoms with van der Waals surface area (Å²) < 4.78 is 5.27. The van der Waals surface area contributed by atoms with Gasteiger partial charge in [0.05, 0.1) is 12.8 Å². The third kappa shape index (κ3) is 3.06. The molecule has 0 atom stereocenters. The molecule has 4 nitrogen and oxygen atoms in total. The molecule has 0 saturated carbocycles. The van der Waals surface area contributed by atoms with Crippen molar-refractivity contribution in [2.45, 2.75) is 19.3 Å². The largest absolute Gasteiger partial charge is 0.497 e. The molecule has 0 bridgehead atoms. The summed E-state index contributed by atoms with van der Waals surface area (Å²) in [6, 6.07) is 14.9. The van der Waals surface area contributed by atoms with Crippen molar-refractivity contribution in [1.29, 1.82) is 0 Å². The number of fused-ring (bicyclic) bond motifs is 2. The Kier molecular flexibility index (Phi) is 4.72. The Morgan fingerprint density at radius 1 is 1.17 bits per heavy atom. The standard InChI is InChI=1S/C24H19ClN2O2S/c1-29-16-5-2-4-14(12-16)22(28)23-21(26)20-19(13-8-10-15(25)11-9-13)17-6-3-7-18(17)27-24(20)30-23/h2,4-5,8-12H,3,6-7,26H2,1H3. The third-order valence-electron chi connectivity index (χ3n) is 5.57. The van der Waals surface area contributed by atoms with Crippen LogP contribution in [-0.4, -0.2) is 17.9 Å². The van der Waals surface area contributed by atoms with E-state index >= 15 is 0 Å². The van der Waals surface area contributed by atoms with Crippen LogP contribution < -0.4 is 10.5 Å². The number of ether oxygens (including phenoxy) is 1. The summed E-state index contributed by atoms with van der Waals surface area (Å²) in [5.74, 6) is 0.524. The van der Waals surface area contributed by atoms with Gasteiger partial charge in [-0.15, -0.1) is 11.3 Å². The van der Waals surface area contributed by atoms with Crippen LogP contribution in [0.3, 0.4) is 0 Å². The molecule has 1 aliphatic rings. The van der Waals surface area contributed by atoms with Crippen molar-refractivity contribution >= 4 is 44.6 Å². The summed E-state index contributed by atoms with van der Waals surface area (Å²) in [6.07, 6.45) is 2.99. The van der Waals surface area contributed by atoms with Gasteiger partial charge in [-0.05, 0) is 60.2 Å². The van der Waals surface area contributed by atoms with Gasteiger partial charge in [-0.25, -0.2) is 4.98 Å². The Labute approximate surface area is 183 Å². The number of methoxy groups -OCH3 is 1. The van der Waals surface area contributed by atoms with Crippen molar-refractivity contribution in [1.82, 2.24) is 4.98 Å². The first-order valence-corrected chi connectivity index (χ1v) is 10.9. The second-order valence-corrected chi connectivity index (χ2v) is 8.79. The maximum absolute atomic E-state index is 13.3. The number of anilines is 1. The van der Waals surface area contributed by atoms with Crippen molar-refractivity contribution < 1.29 is 9.53 Å². The molecule has 0 aliphatic heterocycles. The lowest BCUT2D eigenvalue weighted by Gasteiger charge is -2.11. The highest BCUT2D eigenvalue weighted by molar-refractivity contribution is 7.21. The van der Waals surface area contributed by atoms with Gasteiger partial charge in [0.2, 0.25) is 5.78 Å². The lowest BCUT2D eigenvalue weighted by molar-refractivity contribution is 0.104. The van der Waals surface area contributed by atoms with E-state index in [0.29, 0.717) is 26.9 Å². The van der Waals surface area contributed by atoms with E-state index in [-0.39, 0.29) is 5.78 Å². The van der Waals surface area contributed by atoms with Gasteiger partial charge in [0.25, 0.3) is 0 Å². The van der Waals surface area contributed by atoms with E-state index in [1.807, 2.05) is 36.4 Å². The molecule has 2 heterocycles. The first kappa shape index (κ1) is 19.1. The maximum atomic E-state index is 13.3. The molecule has 6 heteroatoms. The fraction of sp³-hybridized carbons (Fsp3) is 0.167. The van der Waals surface area contributed by atoms with Crippen LogP contribution in [0.4, 0.5) is 5.69 Å². The van der Waals surface area contributed by atoms with E-state index in [2.05, 4.69) is 0 Å². The molecule has 0 fully saturated rings. The van der Waals surface area contributed by atoms with Gasteiger partial charge in [-0.2, -0.15) is 0 Å². The molecular formula is C24H19ClN2O2S. The van der Waals surface area contributed by atoms with Gasteiger partial charge in [-0.1, -0.05) is 35.9 Å². The Bertz CT molecular complexity index is 1300. The molecule has 0 radical (unpaired) electrons. The molecule has 1 aliphatic carbocycles. The summed E-state index contributed by atoms with van der Waals surface area (Å²) in [5.41, 5.74) is 12.1. The summed E-state index contributed by atoms with van der Waals surface area (Å²) in [5, 5.41) is 1.56. The number of thiophene rings is 1. The molecule has 4 aromatic rings. The zero-order valence-corrected chi connectivity index (χ0v) is 17.9. The third-order valence-corrected chi connectivity index (χ3v) is 6.92. The van der Waals surface area contributed by atoms with Gasteiger partial charge >= 0.3 is 0 Å². The molecule has 0 saturated heterocycles. The van der Waals surface area contributed by atoms with Crippen molar-refractivity contribution in [3.8, 4) is 16.9 Å². The minimum atomic E-state index is -0.114. The number of nitrogen functional groups attached to an aromatic ring is 1. The van der Waals surface area contributed by atoms with E-state index in [0.717, 1.165) is 46.3 Å². The quantitative estimate of drug-likeness (QED) is 0.404. The van der Waals surface area contributed by atoms with E-state index in [9.17, 15) is 4.79 Å². The van der Waals surface area contributed by atoms with Crippen LogP contribution in [0.2, 0.25) is 5.02 Å². The summed E-state index contributed by atoms with van der Waals surface area (Å²) in [6.45, 7) is 0. The lowest BCUT2D eigenvalue weighted by Crippen LogP contribution is -2.03. The average Bonchev–Trinajstić information content (AvgIpc) is 3.37. The fourth-order valence-electron chi connectivity index (χ4n) is 4.14. The highest BCUT2D eigenvalue weighted by atomic mass is 35.5. The zero-order valence-electron chi connectivity index (χ0n) is 16.4. The van der Waals surface area contributed by atoms with Crippen LogP contribution >= 0.6 is 22.9 Å². The normalized spacial score (nSPS) is 12.9. The number of hydrogen-bond acceptors (Lipinski definition) is 5. The molecule has 0 amide bonds. The lowest BCUT2D eigenvalue weighted by atomic mass is 9.95. The Morgan fingerprint density at radius 2 is 1.97 bits per heavy atom. The number of halogens is 1. The predicted molar refractivity (Wildman–Crippen MR) is 123 cm³/mol. The van der Waals surface area contributed by atoms with Crippen LogP contribution in [-0.2, 0) is 12.8 Å².